The van der Waals surface area contributed by atoms with Crippen LogP contribution in [0.25, 0.3) is 0 Å². The maximum Gasteiger partial charge on any atom is 0.283 e. The molecule has 20 heavy (non-hydrogen) atoms. The normalized spacial score (nSPS) is 11.6. The number of hydrogen-bond acceptors (Lipinski definition) is 5. The van der Waals surface area contributed by atoms with Gasteiger partial charge in [-0.2, -0.15) is 5.10 Å². The molecule has 0 spiro atoms. The van der Waals surface area contributed by atoms with Crippen molar-refractivity contribution in [1.29, 1.82) is 0 Å². The van der Waals surface area contributed by atoms with Crippen molar-refractivity contribution < 1.29 is 8.42 Å². The molecule has 0 aliphatic rings. The van der Waals surface area contributed by atoms with Gasteiger partial charge in [-0.1, -0.05) is 13.3 Å². The van der Waals surface area contributed by atoms with Gasteiger partial charge in [0, 0.05) is 13.1 Å². The first-order valence-electron chi connectivity index (χ1n) is 6.35. The molecule has 0 unspecified atom stereocenters. The van der Waals surface area contributed by atoms with Crippen LogP contribution in [0.2, 0.25) is 0 Å². The molecule has 0 atom stereocenters. The summed E-state index contributed by atoms with van der Waals surface area (Å²) >= 11 is 3.24. The van der Waals surface area contributed by atoms with Gasteiger partial charge < -0.3 is 5.32 Å². The van der Waals surface area contributed by atoms with Gasteiger partial charge in [-0.3, -0.25) is 4.79 Å². The number of anilines is 1. The average molecular weight is 367 g/mol. The minimum Gasteiger partial charge on any atom is -0.383 e. The van der Waals surface area contributed by atoms with Crippen LogP contribution in [0.5, 0.6) is 0 Å². The lowest BCUT2D eigenvalue weighted by Gasteiger charge is -2.10. The molecule has 0 saturated carbocycles. The minimum absolute atomic E-state index is 0.0986. The van der Waals surface area contributed by atoms with E-state index in [1.165, 1.54) is 4.68 Å². The number of sulfonamides is 1. The molecule has 9 heteroatoms. The van der Waals surface area contributed by atoms with Gasteiger partial charge in [0.05, 0.1) is 17.6 Å². The van der Waals surface area contributed by atoms with E-state index >= 15 is 0 Å². The van der Waals surface area contributed by atoms with Crippen molar-refractivity contribution in [1.82, 2.24) is 9.78 Å². The summed E-state index contributed by atoms with van der Waals surface area (Å²) in [4.78, 5) is 12.0. The Bertz CT molecular complexity index is 600. The molecule has 7 nitrogen and oxygen atoms in total. The van der Waals surface area contributed by atoms with E-state index in [4.69, 9.17) is 5.14 Å². The molecular formula is C11H19BrN4O3S. The summed E-state index contributed by atoms with van der Waals surface area (Å²) in [5.74, 6) is -0.0986. The summed E-state index contributed by atoms with van der Waals surface area (Å²) in [5.41, 5.74) is 0.354. The van der Waals surface area contributed by atoms with Crippen molar-refractivity contribution in [3.8, 4) is 0 Å². The van der Waals surface area contributed by atoms with Crippen LogP contribution >= 0.6 is 15.9 Å². The lowest BCUT2D eigenvalue weighted by molar-refractivity contribution is 0.541. The molecule has 0 aliphatic carbocycles. The molecular weight excluding hydrogens is 348 g/mol. The Kier molecular flexibility index (Phi) is 6.63. The first kappa shape index (κ1) is 17.1. The van der Waals surface area contributed by atoms with Crippen LogP contribution in [0.15, 0.2) is 15.5 Å². The van der Waals surface area contributed by atoms with Gasteiger partial charge in [0.1, 0.15) is 4.47 Å². The van der Waals surface area contributed by atoms with Crippen molar-refractivity contribution in [2.45, 2.75) is 32.7 Å². The number of aryl methyl sites for hydroxylation is 1. The number of rotatable bonds is 8. The number of halogens is 1. The molecule has 1 heterocycles. The van der Waals surface area contributed by atoms with Gasteiger partial charge in [0.25, 0.3) is 5.56 Å². The Balaban J connectivity index is 2.64. The molecule has 1 aromatic rings. The Morgan fingerprint density at radius 1 is 1.45 bits per heavy atom. The van der Waals surface area contributed by atoms with Crippen LogP contribution in [0.4, 0.5) is 5.69 Å². The van der Waals surface area contributed by atoms with Crippen molar-refractivity contribution in [3.05, 3.63) is 21.0 Å². The van der Waals surface area contributed by atoms with Gasteiger partial charge >= 0.3 is 0 Å². The predicted octanol–water partition coefficient (Wildman–Crippen LogP) is 0.896. The number of primary sulfonamides is 1. The maximum absolute atomic E-state index is 12.0. The number of nitrogens with two attached hydrogens (primary N) is 1. The number of hydrogen-bond donors (Lipinski definition) is 2. The maximum atomic E-state index is 12.0. The molecule has 1 aromatic heterocycles. The Morgan fingerprint density at radius 2 is 2.15 bits per heavy atom. The molecule has 0 amide bonds. The van der Waals surface area contributed by atoms with Crippen LogP contribution in [-0.4, -0.2) is 30.5 Å². The van der Waals surface area contributed by atoms with Gasteiger partial charge in [-0.15, -0.1) is 0 Å². The van der Waals surface area contributed by atoms with Crippen molar-refractivity contribution in [2.75, 3.05) is 17.6 Å². The summed E-state index contributed by atoms with van der Waals surface area (Å²) in [6.45, 7) is 3.02. The SMILES string of the molecule is CCCCn1ncc(NCCCS(N)(=O)=O)c(Br)c1=O. The zero-order valence-electron chi connectivity index (χ0n) is 11.3. The molecule has 0 aromatic carbocycles. The summed E-state index contributed by atoms with van der Waals surface area (Å²) in [6, 6.07) is 0. The van der Waals surface area contributed by atoms with E-state index in [0.29, 0.717) is 29.7 Å². The highest BCUT2D eigenvalue weighted by Gasteiger charge is 2.08. The monoisotopic (exact) mass is 366 g/mol. The fourth-order valence-corrected chi connectivity index (χ4v) is 2.55. The van der Waals surface area contributed by atoms with Gasteiger partial charge in [0.15, 0.2) is 0 Å². The number of nitrogens with zero attached hydrogens (tertiary/aromatic N) is 2. The third-order valence-electron chi connectivity index (χ3n) is 2.63. The highest BCUT2D eigenvalue weighted by molar-refractivity contribution is 9.10. The topological polar surface area (TPSA) is 107 Å². The van der Waals surface area contributed by atoms with Gasteiger partial charge in [0.2, 0.25) is 10.0 Å². The summed E-state index contributed by atoms with van der Waals surface area (Å²) in [5, 5.41) is 11.9. The largest absolute Gasteiger partial charge is 0.383 e. The van der Waals surface area contributed by atoms with E-state index < -0.39 is 10.0 Å². The van der Waals surface area contributed by atoms with Crippen LogP contribution in [0.1, 0.15) is 26.2 Å². The minimum atomic E-state index is -3.45. The van der Waals surface area contributed by atoms with E-state index in [9.17, 15) is 13.2 Å². The van der Waals surface area contributed by atoms with E-state index in [2.05, 4.69) is 26.3 Å². The quantitative estimate of drug-likeness (QED) is 0.664. The third-order valence-corrected chi connectivity index (χ3v) is 4.25. The second-order valence-corrected chi connectivity index (χ2v) is 6.93. The second kappa shape index (κ2) is 7.75. The Morgan fingerprint density at radius 3 is 2.75 bits per heavy atom. The molecule has 0 radical (unpaired) electrons. The average Bonchev–Trinajstić information content (AvgIpc) is 2.37. The molecule has 3 N–H and O–H groups in total. The third kappa shape index (κ3) is 5.59. The molecule has 114 valence electrons. The summed E-state index contributed by atoms with van der Waals surface area (Å²) in [6.07, 6.45) is 3.79. The molecule has 0 bridgehead atoms. The van der Waals surface area contributed by atoms with Crippen LogP contribution in [0.3, 0.4) is 0 Å². The van der Waals surface area contributed by atoms with Gasteiger partial charge in [-0.05, 0) is 28.8 Å². The zero-order valence-corrected chi connectivity index (χ0v) is 13.7. The molecule has 0 fully saturated rings. The lowest BCUT2D eigenvalue weighted by Crippen LogP contribution is -2.25. The highest BCUT2D eigenvalue weighted by atomic mass is 79.9. The van der Waals surface area contributed by atoms with E-state index in [-0.39, 0.29) is 11.3 Å². The zero-order chi connectivity index (χ0) is 15.2. The molecule has 1 rings (SSSR count). The van der Waals surface area contributed by atoms with E-state index in [0.717, 1.165) is 12.8 Å². The van der Waals surface area contributed by atoms with Crippen molar-refractivity contribution in [3.63, 3.8) is 0 Å². The van der Waals surface area contributed by atoms with Crippen molar-refractivity contribution >= 4 is 31.6 Å². The predicted molar refractivity (Wildman–Crippen MR) is 82.2 cm³/mol. The standard InChI is InChI=1S/C11H19BrN4O3S/c1-2-3-6-16-11(17)10(12)9(8-15-16)14-5-4-7-20(13,18)19/h8,14H,2-7H2,1H3,(H2,13,18,19). The fraction of sp³-hybridized carbons (Fsp3) is 0.636. The lowest BCUT2D eigenvalue weighted by atomic mass is 10.3. The highest BCUT2D eigenvalue weighted by Crippen LogP contribution is 2.16. The second-order valence-electron chi connectivity index (χ2n) is 4.40. The number of unbranched alkanes of at least 4 members (excludes halogenated alkanes) is 1. The van der Waals surface area contributed by atoms with Crippen LogP contribution < -0.4 is 16.0 Å². The van der Waals surface area contributed by atoms with Crippen LogP contribution in [0, 0.1) is 0 Å². The van der Waals surface area contributed by atoms with Crippen LogP contribution in [-0.2, 0) is 16.6 Å². The van der Waals surface area contributed by atoms with Crippen molar-refractivity contribution in [2.24, 2.45) is 5.14 Å². The number of nitrogens with one attached hydrogen (secondary N) is 1. The Labute approximate surface area is 126 Å². The van der Waals surface area contributed by atoms with E-state index in [1.807, 2.05) is 6.92 Å². The first-order valence-corrected chi connectivity index (χ1v) is 8.86. The number of aromatic nitrogens is 2. The molecule has 0 aliphatic heterocycles. The van der Waals surface area contributed by atoms with Gasteiger partial charge in [-0.25, -0.2) is 18.2 Å². The van der Waals surface area contributed by atoms with E-state index in [1.54, 1.807) is 6.20 Å². The summed E-state index contributed by atoms with van der Waals surface area (Å²) in [7, 11) is -3.45. The first-order chi connectivity index (χ1) is 9.35. The summed E-state index contributed by atoms with van der Waals surface area (Å²) < 4.78 is 23.4. The fourth-order valence-electron chi connectivity index (χ4n) is 1.55. The molecule has 0 saturated heterocycles. The Hall–Kier alpha value is -0.930. The smallest absolute Gasteiger partial charge is 0.283 e.